The molecule has 8 heteroatoms. The van der Waals surface area contributed by atoms with Crippen LogP contribution in [-0.2, 0) is 5.41 Å². The average molecular weight is 387 g/mol. The van der Waals surface area contributed by atoms with Crippen molar-refractivity contribution in [3.8, 4) is 11.4 Å². The molecule has 2 aromatic rings. The number of rotatable bonds is 3. The summed E-state index contributed by atoms with van der Waals surface area (Å²) in [6.45, 7) is 1.02. The Morgan fingerprint density at radius 1 is 1.37 bits per heavy atom. The van der Waals surface area contributed by atoms with Crippen molar-refractivity contribution in [2.45, 2.75) is 43.6 Å². The van der Waals surface area contributed by atoms with E-state index in [9.17, 15) is 0 Å². The predicted octanol–water partition coefficient (Wildman–Crippen LogP) is 3.23. The molecule has 0 amide bonds. The number of amidine groups is 1. The van der Waals surface area contributed by atoms with E-state index in [-0.39, 0.29) is 11.5 Å². The number of hydrogen-bond donors (Lipinski definition) is 2. The highest BCUT2D eigenvalue weighted by Crippen LogP contribution is 2.55. The summed E-state index contributed by atoms with van der Waals surface area (Å²) < 4.78 is 7.44. The minimum Gasteiger partial charge on any atom is -0.494 e. The van der Waals surface area contributed by atoms with Crippen LogP contribution in [0.5, 0.6) is 5.75 Å². The fraction of sp³-hybridized carbons (Fsp3) is 0.526. The number of halogens is 1. The molecule has 2 fully saturated rings. The first-order valence-electron chi connectivity index (χ1n) is 9.49. The monoisotopic (exact) mass is 386 g/mol. The molecule has 27 heavy (non-hydrogen) atoms. The van der Waals surface area contributed by atoms with Crippen molar-refractivity contribution >= 4 is 23.1 Å². The molecule has 3 aliphatic rings. The molecule has 142 valence electrons. The smallest absolute Gasteiger partial charge is 0.146 e. The maximum atomic E-state index is 6.87. The minimum absolute atomic E-state index is 0.0408. The first-order valence-corrected chi connectivity index (χ1v) is 9.87. The van der Waals surface area contributed by atoms with E-state index in [1.807, 2.05) is 13.2 Å². The Hall–Kier alpha value is -2.12. The fourth-order valence-corrected chi connectivity index (χ4v) is 4.97. The number of ether oxygens (including phenoxy) is 1. The lowest BCUT2D eigenvalue weighted by atomic mass is 9.65. The van der Waals surface area contributed by atoms with Crippen LogP contribution in [0.4, 0.5) is 5.69 Å². The average Bonchev–Trinajstić information content (AvgIpc) is 3.37. The van der Waals surface area contributed by atoms with Crippen molar-refractivity contribution in [1.82, 2.24) is 20.3 Å². The maximum Gasteiger partial charge on any atom is 0.146 e. The summed E-state index contributed by atoms with van der Waals surface area (Å²) in [5.41, 5.74) is 3.71. The number of aliphatic imine (C=N–C) groups is 1. The second kappa shape index (κ2) is 6.21. The van der Waals surface area contributed by atoms with Gasteiger partial charge >= 0.3 is 0 Å². The zero-order valence-electron chi connectivity index (χ0n) is 15.5. The van der Waals surface area contributed by atoms with Crippen LogP contribution in [0.15, 0.2) is 17.3 Å². The largest absolute Gasteiger partial charge is 0.494 e. The number of nitrogens with zero attached hydrogens (tertiary/aromatic N) is 4. The summed E-state index contributed by atoms with van der Waals surface area (Å²) >= 11 is 6.87. The molecule has 5 rings (SSSR count). The van der Waals surface area contributed by atoms with Gasteiger partial charge in [0.25, 0.3) is 0 Å². The lowest BCUT2D eigenvalue weighted by molar-refractivity contribution is 0.344. The zero-order chi connectivity index (χ0) is 18.6. The number of nitrogens with one attached hydrogen (secondary N) is 2. The molecule has 1 saturated heterocycles. The molecule has 1 aromatic carbocycles. The molecule has 2 aliphatic heterocycles. The second-order valence-corrected chi connectivity index (χ2v) is 7.91. The zero-order valence-corrected chi connectivity index (χ0v) is 16.3. The molecule has 0 bridgehead atoms. The van der Waals surface area contributed by atoms with Crippen LogP contribution in [0.25, 0.3) is 5.69 Å². The van der Waals surface area contributed by atoms with Crippen LogP contribution in [0, 0.1) is 0 Å². The van der Waals surface area contributed by atoms with E-state index < -0.39 is 0 Å². The van der Waals surface area contributed by atoms with Gasteiger partial charge in [0.1, 0.15) is 23.0 Å². The van der Waals surface area contributed by atoms with E-state index in [1.165, 1.54) is 12.0 Å². The van der Waals surface area contributed by atoms with Crippen molar-refractivity contribution in [2.24, 2.45) is 4.99 Å². The Morgan fingerprint density at radius 3 is 2.85 bits per heavy atom. The number of fused-ring (bicyclic) bond motifs is 2. The van der Waals surface area contributed by atoms with Crippen molar-refractivity contribution in [2.75, 3.05) is 26.0 Å². The fourth-order valence-electron chi connectivity index (χ4n) is 4.64. The summed E-state index contributed by atoms with van der Waals surface area (Å²) in [4.78, 5) is 4.50. The van der Waals surface area contributed by atoms with Crippen molar-refractivity contribution < 1.29 is 4.74 Å². The van der Waals surface area contributed by atoms with Crippen LogP contribution in [0.1, 0.15) is 49.4 Å². The molecular weight excluding hydrogens is 364 g/mol. The van der Waals surface area contributed by atoms with Crippen LogP contribution in [0.2, 0.25) is 5.02 Å². The summed E-state index contributed by atoms with van der Waals surface area (Å²) in [5.74, 6) is 1.71. The SMILES string of the molecule is CN=C1Nc2c(cc(OC)c(-n3cc([C@H]4CCCN4)nn3)c2Cl)C12CCC2. The van der Waals surface area contributed by atoms with Crippen LogP contribution in [-0.4, -0.2) is 41.5 Å². The molecule has 1 spiro atoms. The third-order valence-corrected chi connectivity index (χ3v) is 6.59. The van der Waals surface area contributed by atoms with Gasteiger partial charge < -0.3 is 15.4 Å². The Morgan fingerprint density at radius 2 is 2.22 bits per heavy atom. The molecule has 7 nitrogen and oxygen atoms in total. The minimum atomic E-state index is -0.0408. The molecule has 1 aromatic heterocycles. The summed E-state index contributed by atoms with van der Waals surface area (Å²) in [7, 11) is 3.50. The molecule has 1 saturated carbocycles. The molecule has 2 N–H and O–H groups in total. The Kier molecular flexibility index (Phi) is 3.91. The van der Waals surface area contributed by atoms with Gasteiger partial charge in [-0.3, -0.25) is 4.99 Å². The lowest BCUT2D eigenvalue weighted by Crippen LogP contribution is -2.41. The van der Waals surface area contributed by atoms with Crippen LogP contribution in [0.3, 0.4) is 0 Å². The number of methoxy groups -OCH3 is 1. The van der Waals surface area contributed by atoms with Gasteiger partial charge in [-0.2, -0.15) is 0 Å². The van der Waals surface area contributed by atoms with Gasteiger partial charge in [-0.1, -0.05) is 23.2 Å². The van der Waals surface area contributed by atoms with Crippen LogP contribution >= 0.6 is 11.6 Å². The van der Waals surface area contributed by atoms with E-state index in [0.29, 0.717) is 16.5 Å². The maximum absolute atomic E-state index is 6.87. The number of hydrogen-bond acceptors (Lipinski definition) is 5. The van der Waals surface area contributed by atoms with E-state index in [2.05, 4.69) is 32.0 Å². The second-order valence-electron chi connectivity index (χ2n) is 7.53. The molecule has 1 aliphatic carbocycles. The molecule has 0 unspecified atom stereocenters. The Balaban J connectivity index is 1.63. The normalized spacial score (nSPS) is 24.1. The quantitative estimate of drug-likeness (QED) is 0.846. The van der Waals surface area contributed by atoms with Crippen molar-refractivity contribution in [1.29, 1.82) is 0 Å². The first kappa shape index (κ1) is 17.0. The van der Waals surface area contributed by atoms with Gasteiger partial charge in [0, 0.05) is 7.05 Å². The highest BCUT2D eigenvalue weighted by molar-refractivity contribution is 6.37. The van der Waals surface area contributed by atoms with Crippen molar-refractivity contribution in [3.05, 3.63) is 28.5 Å². The Bertz CT molecular complexity index is 927. The number of aromatic nitrogens is 3. The van der Waals surface area contributed by atoms with Gasteiger partial charge in [0.05, 0.1) is 35.5 Å². The van der Waals surface area contributed by atoms with E-state index in [4.69, 9.17) is 16.3 Å². The topological polar surface area (TPSA) is 76.4 Å². The first-order chi connectivity index (χ1) is 13.2. The molecule has 0 radical (unpaired) electrons. The van der Waals surface area contributed by atoms with Crippen molar-refractivity contribution in [3.63, 3.8) is 0 Å². The van der Waals surface area contributed by atoms with Gasteiger partial charge in [-0.05, 0) is 43.9 Å². The van der Waals surface area contributed by atoms with E-state index in [1.54, 1.807) is 11.8 Å². The summed E-state index contributed by atoms with van der Waals surface area (Å²) in [6.07, 6.45) is 7.54. The van der Waals surface area contributed by atoms with Gasteiger partial charge in [0.2, 0.25) is 0 Å². The van der Waals surface area contributed by atoms with Gasteiger partial charge in [-0.25, -0.2) is 4.68 Å². The highest BCUT2D eigenvalue weighted by Gasteiger charge is 2.50. The highest BCUT2D eigenvalue weighted by atomic mass is 35.5. The van der Waals surface area contributed by atoms with Gasteiger partial charge in [-0.15, -0.1) is 5.10 Å². The van der Waals surface area contributed by atoms with Crippen LogP contribution < -0.4 is 15.4 Å². The lowest BCUT2D eigenvalue weighted by Gasteiger charge is -2.38. The summed E-state index contributed by atoms with van der Waals surface area (Å²) in [6, 6.07) is 2.35. The molecule has 1 atom stereocenters. The Labute approximate surface area is 163 Å². The van der Waals surface area contributed by atoms with E-state index >= 15 is 0 Å². The van der Waals surface area contributed by atoms with Gasteiger partial charge in [0.15, 0.2) is 0 Å². The molecule has 3 heterocycles. The molecular formula is C19H23ClN6O. The third kappa shape index (κ3) is 2.34. The number of benzene rings is 1. The summed E-state index contributed by atoms with van der Waals surface area (Å²) in [5, 5.41) is 16.2. The van der Waals surface area contributed by atoms with E-state index in [0.717, 1.165) is 49.4 Å². The third-order valence-electron chi connectivity index (χ3n) is 6.23. The standard InChI is InChI=1S/C19H23ClN6O/c1-21-18-19(6-4-7-19)11-9-14(27-2)17(15(20)16(11)23-18)26-10-13(24-25-26)12-5-3-8-22-12/h9-10,12,22H,3-8H2,1-2H3,(H,21,23)/t12-/m1/s1. The predicted molar refractivity (Wildman–Crippen MR) is 105 cm³/mol. The number of anilines is 1.